The number of hydrogen-bond acceptors (Lipinski definition) is 3. The van der Waals surface area contributed by atoms with Crippen LogP contribution in [-0.4, -0.2) is 37.9 Å². The number of sulfonamides is 1. The number of halogens is 3. The maximum atomic E-state index is 12.5. The summed E-state index contributed by atoms with van der Waals surface area (Å²) in [6, 6.07) is 3.66. The summed E-state index contributed by atoms with van der Waals surface area (Å²) in [5.41, 5.74) is 0.186. The van der Waals surface area contributed by atoms with Crippen molar-refractivity contribution >= 4 is 21.6 Å². The van der Waals surface area contributed by atoms with Crippen LogP contribution >= 0.6 is 0 Å². The van der Waals surface area contributed by atoms with Gasteiger partial charge in [0.05, 0.1) is 4.90 Å². The monoisotopic (exact) mass is 350 g/mol. The molecular formula is C14H17F3N2O3S. The van der Waals surface area contributed by atoms with Gasteiger partial charge in [-0.1, -0.05) is 6.42 Å². The fourth-order valence-corrected chi connectivity index (χ4v) is 3.99. The minimum Gasteiger partial charge on any atom is -0.318 e. The van der Waals surface area contributed by atoms with Crippen molar-refractivity contribution in [2.75, 3.05) is 18.4 Å². The predicted molar refractivity (Wildman–Crippen MR) is 78.5 cm³/mol. The largest absolute Gasteiger partial charge is 0.471 e. The third-order valence-corrected chi connectivity index (χ3v) is 5.55. The van der Waals surface area contributed by atoms with Gasteiger partial charge in [0.15, 0.2) is 0 Å². The normalized spacial score (nSPS) is 17.0. The lowest BCUT2D eigenvalue weighted by atomic mass is 10.2. The van der Waals surface area contributed by atoms with Gasteiger partial charge in [0.2, 0.25) is 10.0 Å². The highest BCUT2D eigenvalue weighted by molar-refractivity contribution is 7.89. The van der Waals surface area contributed by atoms with Gasteiger partial charge in [0, 0.05) is 18.8 Å². The fourth-order valence-electron chi connectivity index (χ4n) is 2.38. The van der Waals surface area contributed by atoms with E-state index in [9.17, 15) is 26.4 Å². The molecular weight excluding hydrogens is 333 g/mol. The number of carbonyl (C=O) groups excluding carboxylic acids is 1. The minimum atomic E-state index is -5.00. The molecule has 0 unspecified atom stereocenters. The molecule has 0 aromatic heterocycles. The van der Waals surface area contributed by atoms with E-state index in [2.05, 4.69) is 0 Å². The maximum absolute atomic E-state index is 12.5. The summed E-state index contributed by atoms with van der Waals surface area (Å²) in [6.07, 6.45) is -2.44. The highest BCUT2D eigenvalue weighted by Crippen LogP contribution is 2.26. The van der Waals surface area contributed by atoms with E-state index in [1.165, 1.54) is 29.4 Å². The number of nitrogens with zero attached hydrogens (tertiary/aromatic N) is 1. The first-order chi connectivity index (χ1) is 10.6. The van der Waals surface area contributed by atoms with Crippen LogP contribution in [0.15, 0.2) is 23.1 Å². The van der Waals surface area contributed by atoms with E-state index in [1.54, 1.807) is 5.32 Å². The molecule has 1 saturated heterocycles. The Morgan fingerprint density at radius 3 is 2.30 bits per heavy atom. The van der Waals surface area contributed by atoms with Crippen LogP contribution in [0.5, 0.6) is 0 Å². The van der Waals surface area contributed by atoms with Gasteiger partial charge in [-0.15, -0.1) is 0 Å². The molecule has 0 atom stereocenters. The quantitative estimate of drug-likeness (QED) is 0.911. The molecule has 1 aliphatic heterocycles. The lowest BCUT2D eigenvalue weighted by Crippen LogP contribution is -2.35. The van der Waals surface area contributed by atoms with E-state index in [-0.39, 0.29) is 16.1 Å². The standard InChI is InChI=1S/C14H17F3N2O3S/c1-10-9-11(23(21,22)19-7-3-2-4-8-19)5-6-12(10)18-13(20)14(15,16)17/h5-6,9H,2-4,7-8H2,1H3,(H,18,20). The number of nitrogens with one attached hydrogen (secondary N) is 1. The predicted octanol–water partition coefficient (Wildman–Crippen LogP) is 2.67. The summed E-state index contributed by atoms with van der Waals surface area (Å²) in [5.74, 6) is -2.09. The SMILES string of the molecule is Cc1cc(S(=O)(=O)N2CCCCC2)ccc1NC(=O)C(F)(F)F. The lowest BCUT2D eigenvalue weighted by Gasteiger charge is -2.26. The molecule has 1 aliphatic rings. The third kappa shape index (κ3) is 4.03. The van der Waals surface area contributed by atoms with Crippen LogP contribution in [0.25, 0.3) is 0 Å². The molecule has 128 valence electrons. The Hall–Kier alpha value is -1.61. The molecule has 2 rings (SSSR count). The second-order valence-electron chi connectivity index (χ2n) is 5.39. The molecule has 5 nitrogen and oxygen atoms in total. The van der Waals surface area contributed by atoms with Crippen molar-refractivity contribution in [3.8, 4) is 0 Å². The van der Waals surface area contributed by atoms with Crippen LogP contribution < -0.4 is 5.32 Å². The van der Waals surface area contributed by atoms with Crippen molar-refractivity contribution in [3.05, 3.63) is 23.8 Å². The summed E-state index contributed by atoms with van der Waals surface area (Å²) in [7, 11) is -3.66. The van der Waals surface area contributed by atoms with Crippen LogP contribution in [0.1, 0.15) is 24.8 Å². The van der Waals surface area contributed by atoms with E-state index >= 15 is 0 Å². The first kappa shape index (κ1) is 17.7. The Morgan fingerprint density at radius 2 is 1.78 bits per heavy atom. The van der Waals surface area contributed by atoms with E-state index in [1.807, 2.05) is 0 Å². The number of aryl methyl sites for hydroxylation is 1. The minimum absolute atomic E-state index is 0.0157. The molecule has 0 radical (unpaired) electrons. The summed E-state index contributed by atoms with van der Waals surface area (Å²) in [4.78, 5) is 11.0. The maximum Gasteiger partial charge on any atom is 0.471 e. The average Bonchev–Trinajstić information content (AvgIpc) is 2.49. The van der Waals surface area contributed by atoms with E-state index in [0.717, 1.165) is 19.3 Å². The number of amides is 1. The Labute approximate surface area is 132 Å². The van der Waals surface area contributed by atoms with Crippen molar-refractivity contribution in [1.82, 2.24) is 4.31 Å². The molecule has 1 heterocycles. The molecule has 0 bridgehead atoms. The smallest absolute Gasteiger partial charge is 0.318 e. The third-order valence-electron chi connectivity index (χ3n) is 3.66. The summed E-state index contributed by atoms with van der Waals surface area (Å²) < 4.78 is 63.1. The van der Waals surface area contributed by atoms with E-state index in [0.29, 0.717) is 13.1 Å². The number of hydrogen-bond donors (Lipinski definition) is 1. The Morgan fingerprint density at radius 1 is 1.17 bits per heavy atom. The zero-order valence-electron chi connectivity index (χ0n) is 12.5. The molecule has 0 spiro atoms. The Balaban J connectivity index is 2.23. The van der Waals surface area contributed by atoms with Crippen molar-refractivity contribution < 1.29 is 26.4 Å². The zero-order chi connectivity index (χ0) is 17.3. The van der Waals surface area contributed by atoms with Crippen LogP contribution in [0, 0.1) is 6.92 Å². The number of benzene rings is 1. The average molecular weight is 350 g/mol. The first-order valence-electron chi connectivity index (χ1n) is 7.11. The number of alkyl halides is 3. The van der Waals surface area contributed by atoms with Gasteiger partial charge < -0.3 is 5.32 Å². The van der Waals surface area contributed by atoms with Gasteiger partial charge in [-0.05, 0) is 43.5 Å². The second kappa shape index (κ2) is 6.48. The summed E-state index contributed by atoms with van der Waals surface area (Å²) in [5, 5.41) is 1.74. The highest BCUT2D eigenvalue weighted by atomic mass is 32.2. The molecule has 1 aromatic rings. The molecule has 0 saturated carbocycles. The zero-order valence-corrected chi connectivity index (χ0v) is 13.3. The van der Waals surface area contributed by atoms with Crippen molar-refractivity contribution in [1.29, 1.82) is 0 Å². The first-order valence-corrected chi connectivity index (χ1v) is 8.55. The topological polar surface area (TPSA) is 66.5 Å². The number of anilines is 1. The molecule has 0 aliphatic carbocycles. The van der Waals surface area contributed by atoms with Crippen LogP contribution in [-0.2, 0) is 14.8 Å². The van der Waals surface area contributed by atoms with Crippen LogP contribution in [0.3, 0.4) is 0 Å². The van der Waals surface area contributed by atoms with Crippen LogP contribution in [0.4, 0.5) is 18.9 Å². The van der Waals surface area contributed by atoms with Gasteiger partial charge in [-0.3, -0.25) is 4.79 Å². The van der Waals surface area contributed by atoms with Gasteiger partial charge in [-0.2, -0.15) is 17.5 Å². The van der Waals surface area contributed by atoms with E-state index < -0.39 is 22.1 Å². The van der Waals surface area contributed by atoms with Gasteiger partial charge in [0.25, 0.3) is 0 Å². The van der Waals surface area contributed by atoms with Gasteiger partial charge in [0.1, 0.15) is 0 Å². The van der Waals surface area contributed by atoms with E-state index in [4.69, 9.17) is 0 Å². The summed E-state index contributed by atoms with van der Waals surface area (Å²) >= 11 is 0. The Bertz CT molecular complexity index is 696. The molecule has 1 fully saturated rings. The molecule has 9 heteroatoms. The second-order valence-corrected chi connectivity index (χ2v) is 7.33. The van der Waals surface area contributed by atoms with Crippen molar-refractivity contribution in [2.45, 2.75) is 37.3 Å². The molecule has 1 N–H and O–H groups in total. The van der Waals surface area contributed by atoms with Gasteiger partial charge >= 0.3 is 12.1 Å². The number of piperidine rings is 1. The molecule has 1 amide bonds. The number of rotatable bonds is 3. The van der Waals surface area contributed by atoms with Crippen LogP contribution in [0.2, 0.25) is 0 Å². The summed E-state index contributed by atoms with van der Waals surface area (Å²) in [6.45, 7) is 2.32. The lowest BCUT2D eigenvalue weighted by molar-refractivity contribution is -0.167. The molecule has 1 aromatic carbocycles. The van der Waals surface area contributed by atoms with Gasteiger partial charge in [-0.25, -0.2) is 8.42 Å². The number of carbonyl (C=O) groups is 1. The Kier molecular flexibility index (Phi) is 5.00. The van der Waals surface area contributed by atoms with Crippen molar-refractivity contribution in [2.24, 2.45) is 0 Å². The molecule has 23 heavy (non-hydrogen) atoms. The fraction of sp³-hybridized carbons (Fsp3) is 0.500. The highest BCUT2D eigenvalue weighted by Gasteiger charge is 2.39. The van der Waals surface area contributed by atoms with Crippen molar-refractivity contribution in [3.63, 3.8) is 0 Å².